The summed E-state index contributed by atoms with van der Waals surface area (Å²) >= 11 is 0. The molecule has 0 spiro atoms. The van der Waals surface area contributed by atoms with Crippen molar-refractivity contribution in [3.05, 3.63) is 23.3 Å². The van der Waals surface area contributed by atoms with Crippen molar-refractivity contribution < 1.29 is 0 Å². The van der Waals surface area contributed by atoms with Gasteiger partial charge in [0.1, 0.15) is 24.8 Å². The van der Waals surface area contributed by atoms with E-state index < -0.39 is 0 Å². The Hall–Kier alpha value is -2.50. The summed E-state index contributed by atoms with van der Waals surface area (Å²) in [5.74, 6) is 0. The van der Waals surface area contributed by atoms with Crippen LogP contribution in [0.1, 0.15) is 23.2 Å². The second kappa shape index (κ2) is 4.06. The summed E-state index contributed by atoms with van der Waals surface area (Å²) in [7, 11) is 0. The molecular weight excluding hydrogens is 228 g/mol. The molecule has 2 atom stereocenters. The van der Waals surface area contributed by atoms with Gasteiger partial charge >= 0.3 is 0 Å². The molecule has 0 saturated carbocycles. The summed E-state index contributed by atoms with van der Waals surface area (Å²) < 4.78 is 0. The number of nitrogens with zero attached hydrogens (tertiary/aromatic N) is 4. The Morgan fingerprint density at radius 2 is 1.22 bits per heavy atom. The van der Waals surface area contributed by atoms with Crippen molar-refractivity contribution in [3.8, 4) is 0 Å². The molecule has 1 aromatic rings. The van der Waals surface area contributed by atoms with E-state index in [1.807, 2.05) is 12.1 Å². The Balaban J connectivity index is 2.03. The van der Waals surface area contributed by atoms with Gasteiger partial charge < -0.3 is 11.5 Å². The van der Waals surface area contributed by atoms with Crippen molar-refractivity contribution in [1.82, 2.24) is 0 Å². The highest BCUT2D eigenvalue weighted by molar-refractivity contribution is 5.89. The maximum absolute atomic E-state index is 6.07. The zero-order valence-corrected chi connectivity index (χ0v) is 9.56. The van der Waals surface area contributed by atoms with Crippen molar-refractivity contribution in [3.63, 3.8) is 0 Å². The summed E-state index contributed by atoms with van der Waals surface area (Å²) in [6.07, 6.45) is 6.50. The van der Waals surface area contributed by atoms with Gasteiger partial charge in [-0.3, -0.25) is 9.98 Å². The lowest BCUT2D eigenvalue weighted by Gasteiger charge is -2.15. The van der Waals surface area contributed by atoms with Crippen molar-refractivity contribution >= 4 is 36.5 Å². The molecule has 0 aliphatic carbocycles. The first-order chi connectivity index (χ1) is 8.77. The second-order valence-corrected chi connectivity index (χ2v) is 4.09. The zero-order chi connectivity index (χ0) is 12.5. The lowest BCUT2D eigenvalue weighted by molar-refractivity contribution is 0.987. The first kappa shape index (κ1) is 10.6. The molecule has 2 unspecified atom stereocenters. The molecule has 6 nitrogen and oxygen atoms in total. The third-order valence-corrected chi connectivity index (χ3v) is 3.03. The molecule has 90 valence electrons. The van der Waals surface area contributed by atoms with Crippen LogP contribution in [0.15, 0.2) is 32.1 Å². The van der Waals surface area contributed by atoms with Gasteiger partial charge in [0.25, 0.3) is 0 Å². The minimum absolute atomic E-state index is 0.137. The van der Waals surface area contributed by atoms with Crippen LogP contribution in [0.25, 0.3) is 0 Å². The first-order valence-electron chi connectivity index (χ1n) is 5.55. The second-order valence-electron chi connectivity index (χ2n) is 4.09. The Morgan fingerprint density at radius 1 is 0.778 bits per heavy atom. The van der Waals surface area contributed by atoms with E-state index in [9.17, 15) is 0 Å². The van der Waals surface area contributed by atoms with Gasteiger partial charge in [-0.1, -0.05) is 12.1 Å². The highest BCUT2D eigenvalue weighted by Crippen LogP contribution is 2.34. The normalized spacial score (nSPS) is 24.2. The number of hydrogen-bond donors (Lipinski definition) is 2. The van der Waals surface area contributed by atoms with E-state index in [1.54, 1.807) is 12.4 Å². The number of rotatable bonds is 2. The van der Waals surface area contributed by atoms with Gasteiger partial charge in [-0.2, -0.15) is 0 Å². The fourth-order valence-electron chi connectivity index (χ4n) is 2.04. The Kier molecular flexibility index (Phi) is 2.40. The molecule has 0 fully saturated rings. The smallest absolute Gasteiger partial charge is 0.114 e. The summed E-state index contributed by atoms with van der Waals surface area (Å²) in [5, 5.41) is 0. The van der Waals surface area contributed by atoms with E-state index in [0.717, 1.165) is 11.1 Å². The van der Waals surface area contributed by atoms with Gasteiger partial charge in [-0.05, 0) is 0 Å². The van der Waals surface area contributed by atoms with Gasteiger partial charge in [0, 0.05) is 23.6 Å². The van der Waals surface area contributed by atoms with Gasteiger partial charge in [-0.25, -0.2) is 9.98 Å². The predicted molar refractivity (Wildman–Crippen MR) is 74.7 cm³/mol. The monoisotopic (exact) mass is 240 g/mol. The average molecular weight is 240 g/mol. The van der Waals surface area contributed by atoms with Gasteiger partial charge in [0.05, 0.1) is 11.4 Å². The van der Waals surface area contributed by atoms with Crippen molar-refractivity contribution in [1.29, 1.82) is 0 Å². The topological polar surface area (TPSA) is 101 Å². The molecule has 2 aliphatic rings. The van der Waals surface area contributed by atoms with E-state index in [1.165, 1.54) is 12.7 Å². The minimum atomic E-state index is -0.137. The molecule has 0 bridgehead atoms. The Labute approximate surface area is 104 Å². The molecule has 18 heavy (non-hydrogen) atoms. The fourth-order valence-corrected chi connectivity index (χ4v) is 2.04. The number of aliphatic imine (C=N–C) groups is 4. The first-order valence-corrected chi connectivity index (χ1v) is 5.55. The molecule has 0 radical (unpaired) electrons. The Bertz CT molecular complexity index is 522. The number of nitrogen functional groups attached to an aromatic ring is 2. The highest BCUT2D eigenvalue weighted by Gasteiger charge is 2.20. The van der Waals surface area contributed by atoms with Crippen molar-refractivity contribution in [2.24, 2.45) is 20.0 Å². The lowest BCUT2D eigenvalue weighted by atomic mass is 9.98. The van der Waals surface area contributed by atoms with Crippen LogP contribution in [-0.2, 0) is 0 Å². The van der Waals surface area contributed by atoms with E-state index >= 15 is 0 Å². The van der Waals surface area contributed by atoms with Crippen LogP contribution in [-0.4, -0.2) is 25.1 Å². The van der Waals surface area contributed by atoms with Crippen LogP contribution in [0, 0.1) is 0 Å². The predicted octanol–water partition coefficient (Wildman–Crippen LogP) is 1.16. The molecule has 4 N–H and O–H groups in total. The average Bonchev–Trinajstić information content (AvgIpc) is 3.03. The number of hydrogen-bond acceptors (Lipinski definition) is 6. The van der Waals surface area contributed by atoms with E-state index in [2.05, 4.69) is 20.0 Å². The molecule has 3 rings (SSSR count). The van der Waals surface area contributed by atoms with Crippen LogP contribution < -0.4 is 11.5 Å². The number of anilines is 2. The SMILES string of the molecule is Nc1c(C2C=NC=N2)ccc(C2C=NC=N2)c1N. The molecule has 1 aromatic carbocycles. The third-order valence-electron chi connectivity index (χ3n) is 3.03. The number of benzene rings is 1. The molecule has 0 amide bonds. The minimum Gasteiger partial charge on any atom is -0.397 e. The van der Waals surface area contributed by atoms with E-state index in [4.69, 9.17) is 11.5 Å². The summed E-state index contributed by atoms with van der Waals surface area (Å²) in [6.45, 7) is 0. The van der Waals surface area contributed by atoms with Gasteiger partial charge in [0.15, 0.2) is 0 Å². The van der Waals surface area contributed by atoms with Crippen LogP contribution in [0.3, 0.4) is 0 Å². The summed E-state index contributed by atoms with van der Waals surface area (Å²) in [5.41, 5.74) is 15.0. The highest BCUT2D eigenvalue weighted by atomic mass is 15.0. The molecule has 2 heterocycles. The van der Waals surface area contributed by atoms with Gasteiger partial charge in [0.2, 0.25) is 0 Å². The van der Waals surface area contributed by atoms with E-state index in [0.29, 0.717) is 11.4 Å². The fraction of sp³-hybridized carbons (Fsp3) is 0.167. The zero-order valence-electron chi connectivity index (χ0n) is 9.56. The third kappa shape index (κ3) is 1.58. The standard InChI is InChI=1S/C12H12N6/c13-11-7(9-3-15-5-17-9)1-2-8(12(11)14)10-4-16-6-18-10/h1-6,9-10H,13-14H2. The largest absolute Gasteiger partial charge is 0.397 e. The van der Waals surface area contributed by atoms with E-state index in [-0.39, 0.29) is 12.1 Å². The maximum atomic E-state index is 6.07. The van der Waals surface area contributed by atoms with Gasteiger partial charge in [-0.15, -0.1) is 0 Å². The molecule has 0 saturated heterocycles. The summed E-state index contributed by atoms with van der Waals surface area (Å²) in [4.78, 5) is 16.3. The molecule has 2 aliphatic heterocycles. The van der Waals surface area contributed by atoms with Crippen molar-refractivity contribution in [2.75, 3.05) is 11.5 Å². The molecule has 0 aromatic heterocycles. The summed E-state index contributed by atoms with van der Waals surface area (Å²) in [6, 6.07) is 3.56. The van der Waals surface area contributed by atoms with Crippen LogP contribution in [0.2, 0.25) is 0 Å². The maximum Gasteiger partial charge on any atom is 0.114 e. The lowest BCUT2D eigenvalue weighted by Crippen LogP contribution is -2.08. The van der Waals surface area contributed by atoms with Crippen LogP contribution in [0.5, 0.6) is 0 Å². The Morgan fingerprint density at radius 3 is 1.56 bits per heavy atom. The van der Waals surface area contributed by atoms with Crippen LogP contribution >= 0.6 is 0 Å². The van der Waals surface area contributed by atoms with Crippen molar-refractivity contribution in [2.45, 2.75) is 12.1 Å². The molecule has 6 heteroatoms. The molecular formula is C12H12N6. The number of nitrogens with two attached hydrogens (primary N) is 2. The van der Waals surface area contributed by atoms with Crippen LogP contribution in [0.4, 0.5) is 11.4 Å². The quantitative estimate of drug-likeness (QED) is 0.757.